The number of nitrogen functional groups attached to an aromatic ring is 1. The molecule has 0 amide bonds. The summed E-state index contributed by atoms with van der Waals surface area (Å²) in [5.74, 6) is -0.361. The second kappa shape index (κ2) is 6.28. The zero-order valence-corrected chi connectivity index (χ0v) is 11.6. The Morgan fingerprint density at radius 3 is 2.56 bits per heavy atom. The average Bonchev–Trinajstić information content (AvgIpc) is 2.35. The van der Waals surface area contributed by atoms with Crippen LogP contribution in [0.3, 0.4) is 0 Å². The van der Waals surface area contributed by atoms with E-state index in [0.717, 1.165) is 18.7 Å². The highest BCUT2D eigenvalue weighted by atomic mass is 16.5. The fourth-order valence-corrected chi connectivity index (χ4v) is 1.96. The van der Waals surface area contributed by atoms with Crippen LogP contribution in [0.5, 0.6) is 0 Å². The topological polar surface area (TPSA) is 55.6 Å². The Kier molecular flexibility index (Phi) is 5.01. The molecule has 0 radical (unpaired) electrons. The van der Waals surface area contributed by atoms with Crippen molar-refractivity contribution >= 4 is 17.3 Å². The first-order chi connectivity index (χ1) is 8.51. The van der Waals surface area contributed by atoms with Gasteiger partial charge >= 0.3 is 5.97 Å². The normalized spacial score (nSPS) is 10.5. The number of carbonyl (C=O) groups is 1. The van der Waals surface area contributed by atoms with E-state index < -0.39 is 0 Å². The molecule has 100 valence electrons. The fourth-order valence-electron chi connectivity index (χ4n) is 1.96. The highest BCUT2D eigenvalue weighted by Gasteiger charge is 2.14. The number of anilines is 2. The third-order valence-corrected chi connectivity index (χ3v) is 2.85. The highest BCUT2D eigenvalue weighted by Crippen LogP contribution is 2.26. The summed E-state index contributed by atoms with van der Waals surface area (Å²) in [5.41, 5.74) is 8.10. The van der Waals surface area contributed by atoms with Gasteiger partial charge in [-0.2, -0.15) is 0 Å². The number of methoxy groups -OCH3 is 1. The Morgan fingerprint density at radius 2 is 2.11 bits per heavy atom. The van der Waals surface area contributed by atoms with Gasteiger partial charge in [0.15, 0.2) is 0 Å². The molecule has 18 heavy (non-hydrogen) atoms. The molecule has 0 aliphatic rings. The molecule has 0 saturated heterocycles. The monoisotopic (exact) mass is 250 g/mol. The molecule has 0 saturated carbocycles. The molecular formula is C14H22N2O2. The number of nitrogens with zero attached hydrogens (tertiary/aromatic N) is 1. The van der Waals surface area contributed by atoms with Crippen molar-refractivity contribution in [3.8, 4) is 0 Å². The molecule has 1 rings (SSSR count). The quantitative estimate of drug-likeness (QED) is 0.645. The first-order valence-electron chi connectivity index (χ1n) is 6.25. The molecule has 0 aromatic heterocycles. The minimum Gasteiger partial charge on any atom is -0.465 e. The van der Waals surface area contributed by atoms with Crippen molar-refractivity contribution in [2.24, 2.45) is 0 Å². The number of carbonyl (C=O) groups excluding carboxylic acids is 1. The van der Waals surface area contributed by atoms with Gasteiger partial charge in [0.2, 0.25) is 0 Å². The summed E-state index contributed by atoms with van der Waals surface area (Å²) in [6.07, 6.45) is 1.05. The van der Waals surface area contributed by atoms with Gasteiger partial charge in [-0.25, -0.2) is 4.79 Å². The van der Waals surface area contributed by atoms with E-state index in [2.05, 4.69) is 30.4 Å². The van der Waals surface area contributed by atoms with E-state index in [9.17, 15) is 4.79 Å². The minimum absolute atomic E-state index is 0.361. The van der Waals surface area contributed by atoms with Crippen molar-refractivity contribution < 1.29 is 9.53 Å². The molecule has 0 heterocycles. The number of hydrogen-bond acceptors (Lipinski definition) is 4. The molecule has 0 fully saturated rings. The van der Waals surface area contributed by atoms with Crippen LogP contribution in [0.1, 0.15) is 37.6 Å². The summed E-state index contributed by atoms with van der Waals surface area (Å²) >= 11 is 0. The third-order valence-electron chi connectivity index (χ3n) is 2.85. The van der Waals surface area contributed by atoms with Crippen LogP contribution in [0.25, 0.3) is 0 Å². The maximum Gasteiger partial charge on any atom is 0.337 e. The Balaban J connectivity index is 3.06. The summed E-state index contributed by atoms with van der Waals surface area (Å²) in [6.45, 7) is 7.33. The summed E-state index contributed by atoms with van der Waals surface area (Å²) in [5, 5.41) is 0. The maximum atomic E-state index is 11.4. The Morgan fingerprint density at radius 1 is 1.44 bits per heavy atom. The van der Waals surface area contributed by atoms with Gasteiger partial charge in [-0.05, 0) is 38.5 Å². The van der Waals surface area contributed by atoms with Crippen LogP contribution >= 0.6 is 0 Å². The lowest BCUT2D eigenvalue weighted by Gasteiger charge is -2.30. The van der Waals surface area contributed by atoms with Crippen LogP contribution < -0.4 is 10.6 Å². The van der Waals surface area contributed by atoms with Crippen LogP contribution in [0.15, 0.2) is 18.2 Å². The van der Waals surface area contributed by atoms with Crippen LogP contribution in [0.2, 0.25) is 0 Å². The molecule has 4 nitrogen and oxygen atoms in total. The summed E-state index contributed by atoms with van der Waals surface area (Å²) in [6, 6.07) is 5.68. The zero-order valence-electron chi connectivity index (χ0n) is 11.6. The lowest BCUT2D eigenvalue weighted by Crippen LogP contribution is -2.32. The van der Waals surface area contributed by atoms with Gasteiger partial charge in [-0.1, -0.05) is 6.92 Å². The Labute approximate surface area is 109 Å². The van der Waals surface area contributed by atoms with Crippen molar-refractivity contribution in [1.82, 2.24) is 0 Å². The summed E-state index contributed by atoms with van der Waals surface area (Å²) in [4.78, 5) is 13.6. The molecule has 0 unspecified atom stereocenters. The van der Waals surface area contributed by atoms with Gasteiger partial charge in [0, 0.05) is 12.6 Å². The largest absolute Gasteiger partial charge is 0.465 e. The SMILES string of the molecule is CCCN(c1ccc(C(=O)OC)cc1N)C(C)C. The molecular weight excluding hydrogens is 228 g/mol. The van der Waals surface area contributed by atoms with Gasteiger partial charge in [-0.15, -0.1) is 0 Å². The molecule has 0 spiro atoms. The first-order valence-corrected chi connectivity index (χ1v) is 6.25. The number of hydrogen-bond donors (Lipinski definition) is 1. The molecule has 0 atom stereocenters. The van der Waals surface area contributed by atoms with Crippen molar-refractivity contribution in [3.05, 3.63) is 23.8 Å². The van der Waals surface area contributed by atoms with Crippen molar-refractivity contribution in [2.75, 3.05) is 24.3 Å². The lowest BCUT2D eigenvalue weighted by molar-refractivity contribution is 0.0601. The first kappa shape index (κ1) is 14.4. The van der Waals surface area contributed by atoms with E-state index in [0.29, 0.717) is 17.3 Å². The molecule has 1 aromatic rings. The van der Waals surface area contributed by atoms with E-state index in [1.807, 2.05) is 6.07 Å². The Bertz CT molecular complexity index is 416. The van der Waals surface area contributed by atoms with Crippen molar-refractivity contribution in [3.63, 3.8) is 0 Å². The van der Waals surface area contributed by atoms with Gasteiger partial charge in [0.05, 0.1) is 24.0 Å². The number of esters is 1. The van der Waals surface area contributed by atoms with E-state index in [1.54, 1.807) is 12.1 Å². The highest BCUT2D eigenvalue weighted by molar-refractivity contribution is 5.92. The number of benzene rings is 1. The van der Waals surface area contributed by atoms with Crippen LogP contribution in [-0.2, 0) is 4.74 Å². The van der Waals surface area contributed by atoms with E-state index in [-0.39, 0.29) is 5.97 Å². The van der Waals surface area contributed by atoms with Gasteiger partial charge in [0.25, 0.3) is 0 Å². The second-order valence-corrected chi connectivity index (χ2v) is 4.55. The third kappa shape index (κ3) is 3.15. The van der Waals surface area contributed by atoms with Crippen molar-refractivity contribution in [1.29, 1.82) is 0 Å². The van der Waals surface area contributed by atoms with E-state index >= 15 is 0 Å². The summed E-state index contributed by atoms with van der Waals surface area (Å²) < 4.78 is 4.68. The Hall–Kier alpha value is -1.71. The number of nitrogens with two attached hydrogens (primary N) is 1. The molecule has 2 N–H and O–H groups in total. The smallest absolute Gasteiger partial charge is 0.337 e. The minimum atomic E-state index is -0.361. The molecule has 1 aromatic carbocycles. The van der Waals surface area contributed by atoms with Gasteiger partial charge in [-0.3, -0.25) is 0 Å². The van der Waals surface area contributed by atoms with Crippen LogP contribution in [0, 0.1) is 0 Å². The van der Waals surface area contributed by atoms with Gasteiger partial charge < -0.3 is 15.4 Å². The number of rotatable bonds is 5. The van der Waals surface area contributed by atoms with E-state index in [1.165, 1.54) is 7.11 Å². The van der Waals surface area contributed by atoms with Crippen LogP contribution in [0.4, 0.5) is 11.4 Å². The maximum absolute atomic E-state index is 11.4. The summed E-state index contributed by atoms with van der Waals surface area (Å²) in [7, 11) is 1.37. The predicted octanol–water partition coefficient (Wildman–Crippen LogP) is 2.68. The average molecular weight is 250 g/mol. The second-order valence-electron chi connectivity index (χ2n) is 4.55. The fraction of sp³-hybridized carbons (Fsp3) is 0.500. The molecule has 0 aliphatic carbocycles. The number of ether oxygens (including phenoxy) is 1. The predicted molar refractivity (Wildman–Crippen MR) is 75.0 cm³/mol. The zero-order chi connectivity index (χ0) is 13.7. The van der Waals surface area contributed by atoms with E-state index in [4.69, 9.17) is 5.73 Å². The van der Waals surface area contributed by atoms with Crippen LogP contribution in [-0.4, -0.2) is 25.7 Å². The van der Waals surface area contributed by atoms with Gasteiger partial charge in [0.1, 0.15) is 0 Å². The molecule has 4 heteroatoms. The molecule has 0 bridgehead atoms. The lowest BCUT2D eigenvalue weighted by atomic mass is 10.1. The standard InChI is InChI=1S/C14H22N2O2/c1-5-8-16(10(2)3)13-7-6-11(9-12(13)15)14(17)18-4/h6-7,9-10H,5,8,15H2,1-4H3. The van der Waals surface area contributed by atoms with Crippen molar-refractivity contribution in [2.45, 2.75) is 33.2 Å². The molecule has 0 aliphatic heterocycles.